The number of anilines is 1. The largest absolute Gasteiger partial charge is 0.324 e. The van der Waals surface area contributed by atoms with Gasteiger partial charge in [0.1, 0.15) is 6.54 Å². The van der Waals surface area contributed by atoms with Gasteiger partial charge in [0, 0.05) is 17.3 Å². The van der Waals surface area contributed by atoms with Crippen LogP contribution in [0.5, 0.6) is 0 Å². The fourth-order valence-corrected chi connectivity index (χ4v) is 3.43. The topological polar surface area (TPSA) is 64.0 Å². The first-order valence-corrected chi connectivity index (χ1v) is 9.60. The highest BCUT2D eigenvalue weighted by molar-refractivity contribution is 5.95. The molecule has 4 rings (SSSR count). The molecule has 1 amide bonds. The van der Waals surface area contributed by atoms with Crippen LogP contribution < -0.4 is 10.9 Å². The summed E-state index contributed by atoms with van der Waals surface area (Å²) in [6, 6.07) is 24.8. The second-order valence-electron chi connectivity index (χ2n) is 6.80. The van der Waals surface area contributed by atoms with Crippen LogP contribution in [0.4, 0.5) is 5.69 Å². The number of para-hydroxylation sites is 1. The summed E-state index contributed by atoms with van der Waals surface area (Å²) in [5, 5.41) is 9.49. The quantitative estimate of drug-likeness (QED) is 0.560. The van der Waals surface area contributed by atoms with Gasteiger partial charge < -0.3 is 5.32 Å². The van der Waals surface area contributed by atoms with Crippen molar-refractivity contribution in [2.24, 2.45) is 0 Å². The van der Waals surface area contributed by atoms with Crippen LogP contribution in [0.25, 0.3) is 22.0 Å². The number of aromatic nitrogens is 2. The predicted molar refractivity (Wildman–Crippen MR) is 116 cm³/mol. The third kappa shape index (κ3) is 3.94. The van der Waals surface area contributed by atoms with E-state index >= 15 is 0 Å². The molecule has 1 heterocycles. The van der Waals surface area contributed by atoms with Crippen LogP contribution in [0.15, 0.2) is 83.7 Å². The lowest BCUT2D eigenvalue weighted by Crippen LogP contribution is -2.29. The predicted octanol–water partition coefficient (Wildman–Crippen LogP) is 4.26. The first-order valence-electron chi connectivity index (χ1n) is 9.60. The van der Waals surface area contributed by atoms with E-state index in [0.29, 0.717) is 5.69 Å². The Balaban J connectivity index is 1.64. The SMILES string of the molecule is CCc1ccccc1NC(=O)Cn1nc(-c2cccc3ccccc23)ccc1=O. The Morgan fingerprint density at radius 3 is 2.55 bits per heavy atom. The van der Waals surface area contributed by atoms with Crippen molar-refractivity contribution in [3.63, 3.8) is 0 Å². The zero-order valence-electron chi connectivity index (χ0n) is 16.1. The number of hydrogen-bond acceptors (Lipinski definition) is 3. The molecule has 1 aromatic heterocycles. The fraction of sp³-hybridized carbons (Fsp3) is 0.125. The Hall–Kier alpha value is -3.73. The summed E-state index contributed by atoms with van der Waals surface area (Å²) >= 11 is 0. The van der Waals surface area contributed by atoms with Gasteiger partial charge in [0.05, 0.1) is 5.69 Å². The van der Waals surface area contributed by atoms with Gasteiger partial charge in [-0.1, -0.05) is 67.6 Å². The third-order valence-electron chi connectivity index (χ3n) is 4.90. The van der Waals surface area contributed by atoms with E-state index in [4.69, 9.17) is 0 Å². The second-order valence-corrected chi connectivity index (χ2v) is 6.80. The molecule has 0 aliphatic heterocycles. The normalized spacial score (nSPS) is 10.8. The van der Waals surface area contributed by atoms with Gasteiger partial charge in [-0.05, 0) is 34.9 Å². The van der Waals surface area contributed by atoms with Crippen molar-refractivity contribution in [3.05, 3.63) is 94.8 Å². The molecule has 0 fully saturated rings. The van der Waals surface area contributed by atoms with Gasteiger partial charge >= 0.3 is 0 Å². The zero-order chi connectivity index (χ0) is 20.2. The number of nitrogens with one attached hydrogen (secondary N) is 1. The Labute approximate surface area is 168 Å². The van der Waals surface area contributed by atoms with Gasteiger partial charge in [0.2, 0.25) is 5.91 Å². The third-order valence-corrected chi connectivity index (χ3v) is 4.90. The molecule has 3 aromatic carbocycles. The molecule has 144 valence electrons. The maximum atomic E-state index is 12.6. The number of nitrogens with zero attached hydrogens (tertiary/aromatic N) is 2. The fourth-order valence-electron chi connectivity index (χ4n) is 3.43. The summed E-state index contributed by atoms with van der Waals surface area (Å²) in [7, 11) is 0. The number of amides is 1. The first-order chi connectivity index (χ1) is 14.2. The number of rotatable bonds is 5. The Morgan fingerprint density at radius 2 is 1.69 bits per heavy atom. The van der Waals surface area contributed by atoms with E-state index in [1.165, 1.54) is 10.7 Å². The summed E-state index contributed by atoms with van der Waals surface area (Å²) in [5.74, 6) is -0.282. The highest BCUT2D eigenvalue weighted by atomic mass is 16.2. The van der Waals surface area contributed by atoms with Crippen LogP contribution >= 0.6 is 0 Å². The maximum absolute atomic E-state index is 12.6. The molecule has 0 radical (unpaired) electrons. The second kappa shape index (κ2) is 8.10. The van der Waals surface area contributed by atoms with Crippen molar-refractivity contribution in [2.45, 2.75) is 19.9 Å². The number of aryl methyl sites for hydroxylation is 1. The summed E-state index contributed by atoms with van der Waals surface area (Å²) in [4.78, 5) is 24.8. The number of fused-ring (bicyclic) bond motifs is 1. The Bertz CT molecular complexity index is 1240. The Morgan fingerprint density at radius 1 is 0.931 bits per heavy atom. The number of carbonyl (C=O) groups is 1. The summed E-state index contributed by atoms with van der Waals surface area (Å²) < 4.78 is 1.21. The van der Waals surface area contributed by atoms with E-state index in [0.717, 1.165) is 34.0 Å². The van der Waals surface area contributed by atoms with Crippen molar-refractivity contribution in [1.29, 1.82) is 0 Å². The minimum absolute atomic E-state index is 0.143. The molecule has 0 aliphatic rings. The van der Waals surface area contributed by atoms with E-state index in [2.05, 4.69) is 10.4 Å². The van der Waals surface area contributed by atoms with Crippen LogP contribution in [0.2, 0.25) is 0 Å². The van der Waals surface area contributed by atoms with Gasteiger partial charge in [-0.15, -0.1) is 0 Å². The first kappa shape index (κ1) is 18.6. The van der Waals surface area contributed by atoms with Crippen LogP contribution in [-0.4, -0.2) is 15.7 Å². The standard InChI is InChI=1S/C24H21N3O2/c1-2-17-8-4-6-13-21(17)25-23(28)16-27-24(29)15-14-22(26-27)20-12-7-10-18-9-3-5-11-19(18)20/h3-15H,2,16H2,1H3,(H,25,28). The van der Waals surface area contributed by atoms with E-state index in [9.17, 15) is 9.59 Å². The van der Waals surface area contributed by atoms with E-state index in [-0.39, 0.29) is 18.0 Å². The van der Waals surface area contributed by atoms with Gasteiger partial charge in [-0.3, -0.25) is 9.59 Å². The molecule has 4 aromatic rings. The molecule has 29 heavy (non-hydrogen) atoms. The molecule has 5 nitrogen and oxygen atoms in total. The highest BCUT2D eigenvalue weighted by Crippen LogP contribution is 2.26. The molecular formula is C24H21N3O2. The minimum Gasteiger partial charge on any atom is -0.324 e. The molecule has 0 saturated heterocycles. The molecule has 1 N–H and O–H groups in total. The van der Waals surface area contributed by atoms with Crippen LogP contribution in [-0.2, 0) is 17.8 Å². The van der Waals surface area contributed by atoms with Crippen molar-refractivity contribution in [2.75, 3.05) is 5.32 Å². The van der Waals surface area contributed by atoms with Crippen molar-refractivity contribution < 1.29 is 4.79 Å². The summed E-state index contributed by atoms with van der Waals surface area (Å²) in [6.07, 6.45) is 0.811. The van der Waals surface area contributed by atoms with Crippen molar-refractivity contribution in [3.8, 4) is 11.3 Å². The molecule has 5 heteroatoms. The smallest absolute Gasteiger partial charge is 0.267 e. The number of carbonyl (C=O) groups excluding carboxylic acids is 1. The number of hydrogen-bond donors (Lipinski definition) is 1. The summed E-state index contributed by atoms with van der Waals surface area (Å²) in [6.45, 7) is 1.89. The average molecular weight is 383 g/mol. The van der Waals surface area contributed by atoms with Gasteiger partial charge in [-0.2, -0.15) is 5.10 Å². The van der Waals surface area contributed by atoms with E-state index < -0.39 is 0 Å². The summed E-state index contributed by atoms with van der Waals surface area (Å²) in [5.41, 5.74) is 3.08. The minimum atomic E-state index is -0.312. The molecule has 0 atom stereocenters. The highest BCUT2D eigenvalue weighted by Gasteiger charge is 2.11. The molecule has 0 bridgehead atoms. The molecule has 0 spiro atoms. The van der Waals surface area contributed by atoms with Crippen LogP contribution in [0.3, 0.4) is 0 Å². The van der Waals surface area contributed by atoms with Gasteiger partial charge in [0.25, 0.3) is 5.56 Å². The molecular weight excluding hydrogens is 362 g/mol. The monoisotopic (exact) mass is 383 g/mol. The van der Waals surface area contributed by atoms with E-state index in [1.54, 1.807) is 6.07 Å². The lowest BCUT2D eigenvalue weighted by molar-refractivity contribution is -0.117. The lowest BCUT2D eigenvalue weighted by Gasteiger charge is -2.11. The van der Waals surface area contributed by atoms with Crippen molar-refractivity contribution in [1.82, 2.24) is 9.78 Å². The van der Waals surface area contributed by atoms with Crippen LogP contribution in [0, 0.1) is 0 Å². The zero-order valence-corrected chi connectivity index (χ0v) is 16.1. The average Bonchev–Trinajstić information content (AvgIpc) is 2.75. The van der Waals surface area contributed by atoms with Gasteiger partial charge in [0.15, 0.2) is 0 Å². The van der Waals surface area contributed by atoms with Crippen LogP contribution in [0.1, 0.15) is 12.5 Å². The van der Waals surface area contributed by atoms with Crippen molar-refractivity contribution >= 4 is 22.4 Å². The van der Waals surface area contributed by atoms with Gasteiger partial charge in [-0.25, -0.2) is 4.68 Å². The maximum Gasteiger partial charge on any atom is 0.267 e. The van der Waals surface area contributed by atoms with E-state index in [1.807, 2.05) is 73.7 Å². The lowest BCUT2D eigenvalue weighted by atomic mass is 10.0. The molecule has 0 unspecified atom stereocenters. The number of benzene rings is 3. The molecule has 0 saturated carbocycles. The Kier molecular flexibility index (Phi) is 5.20. The molecule has 0 aliphatic carbocycles.